The molecule has 0 aromatic rings. The molecule has 18 heavy (non-hydrogen) atoms. The number of rotatable bonds is 4. The van der Waals surface area contributed by atoms with E-state index in [1.54, 1.807) is 0 Å². The maximum Gasteiger partial charge on any atom is 0.410 e. The van der Waals surface area contributed by atoms with Crippen molar-refractivity contribution in [1.82, 2.24) is 10.2 Å². The second-order valence-corrected chi connectivity index (χ2v) is 4.48. The van der Waals surface area contributed by atoms with Crippen molar-refractivity contribution in [3.05, 3.63) is 0 Å². The molecule has 0 radical (unpaired) electrons. The first kappa shape index (κ1) is 14.5. The lowest BCUT2D eigenvalue weighted by Gasteiger charge is -2.35. The number of nitrogens with one attached hydrogen (secondary N) is 1. The van der Waals surface area contributed by atoms with Crippen LogP contribution in [0.25, 0.3) is 0 Å². The highest BCUT2D eigenvalue weighted by Gasteiger charge is 2.37. The summed E-state index contributed by atoms with van der Waals surface area (Å²) in [6.45, 7) is 3.89. The van der Waals surface area contributed by atoms with E-state index in [1.165, 1.54) is 12.0 Å². The molecule has 1 heterocycles. The number of imide groups is 1. The number of carbonyl (C=O) groups is 3. The highest BCUT2D eigenvalue weighted by atomic mass is 16.5. The zero-order chi connectivity index (χ0) is 13.7. The van der Waals surface area contributed by atoms with Gasteiger partial charge in [-0.25, -0.2) is 4.79 Å². The second-order valence-electron chi connectivity index (χ2n) is 4.48. The van der Waals surface area contributed by atoms with Crippen molar-refractivity contribution in [2.45, 2.75) is 51.6 Å². The molecule has 1 N–H and O–H groups in total. The molecule has 0 saturated carbocycles. The summed E-state index contributed by atoms with van der Waals surface area (Å²) in [4.78, 5) is 36.1. The van der Waals surface area contributed by atoms with E-state index in [4.69, 9.17) is 4.74 Å². The predicted octanol–water partition coefficient (Wildman–Crippen LogP) is 1.05. The van der Waals surface area contributed by atoms with Gasteiger partial charge in [-0.2, -0.15) is 0 Å². The molecule has 1 aliphatic heterocycles. The van der Waals surface area contributed by atoms with Crippen LogP contribution in [-0.4, -0.2) is 42.0 Å². The average Bonchev–Trinajstić information content (AvgIpc) is 2.32. The van der Waals surface area contributed by atoms with Crippen LogP contribution >= 0.6 is 0 Å². The third-order valence-electron chi connectivity index (χ3n) is 3.11. The molecule has 0 spiro atoms. The minimum Gasteiger partial charge on any atom is -0.453 e. The summed E-state index contributed by atoms with van der Waals surface area (Å²) in [5.74, 6) is -0.705. The topological polar surface area (TPSA) is 75.7 Å². The highest BCUT2D eigenvalue weighted by molar-refractivity contribution is 6.01. The molecule has 1 fully saturated rings. The van der Waals surface area contributed by atoms with Crippen LogP contribution < -0.4 is 5.32 Å². The minimum absolute atomic E-state index is 0.0913. The molecule has 1 saturated heterocycles. The van der Waals surface area contributed by atoms with E-state index in [2.05, 4.69) is 5.32 Å². The number of hydrogen-bond donors (Lipinski definition) is 1. The first-order chi connectivity index (χ1) is 8.51. The van der Waals surface area contributed by atoms with Crippen LogP contribution in [0.5, 0.6) is 0 Å². The van der Waals surface area contributed by atoms with E-state index in [1.807, 2.05) is 13.8 Å². The molecule has 2 atom stereocenters. The SMILES string of the molecule is CCCC(C)N(C(=O)OC)C1CCC(=O)NC1=O. The van der Waals surface area contributed by atoms with Gasteiger partial charge in [0.15, 0.2) is 0 Å². The Balaban J connectivity index is 2.85. The number of amides is 3. The summed E-state index contributed by atoms with van der Waals surface area (Å²) < 4.78 is 4.73. The van der Waals surface area contributed by atoms with Crippen LogP contribution in [0, 0.1) is 0 Å². The Hall–Kier alpha value is -1.59. The smallest absolute Gasteiger partial charge is 0.410 e. The molecular weight excluding hydrogens is 236 g/mol. The molecule has 0 aromatic carbocycles. The molecule has 102 valence electrons. The van der Waals surface area contributed by atoms with Crippen LogP contribution in [0.2, 0.25) is 0 Å². The number of nitrogens with zero attached hydrogens (tertiary/aromatic N) is 1. The fraction of sp³-hybridized carbons (Fsp3) is 0.750. The van der Waals surface area contributed by atoms with E-state index in [-0.39, 0.29) is 18.4 Å². The van der Waals surface area contributed by atoms with Crippen molar-refractivity contribution >= 4 is 17.9 Å². The molecule has 0 aromatic heterocycles. The minimum atomic E-state index is -0.614. The zero-order valence-corrected chi connectivity index (χ0v) is 11.1. The van der Waals surface area contributed by atoms with Gasteiger partial charge in [0.1, 0.15) is 6.04 Å². The molecule has 6 nitrogen and oxygen atoms in total. The van der Waals surface area contributed by atoms with Gasteiger partial charge >= 0.3 is 6.09 Å². The largest absolute Gasteiger partial charge is 0.453 e. The fourth-order valence-corrected chi connectivity index (χ4v) is 2.22. The molecule has 0 bridgehead atoms. The third-order valence-corrected chi connectivity index (χ3v) is 3.11. The highest BCUT2D eigenvalue weighted by Crippen LogP contribution is 2.19. The van der Waals surface area contributed by atoms with E-state index >= 15 is 0 Å². The van der Waals surface area contributed by atoms with Gasteiger partial charge in [-0.15, -0.1) is 0 Å². The lowest BCUT2D eigenvalue weighted by Crippen LogP contribution is -2.56. The van der Waals surface area contributed by atoms with Gasteiger partial charge < -0.3 is 4.74 Å². The number of piperidine rings is 1. The quantitative estimate of drug-likeness (QED) is 0.763. The molecule has 6 heteroatoms. The lowest BCUT2D eigenvalue weighted by atomic mass is 10.0. The second kappa shape index (κ2) is 6.37. The number of ether oxygens (including phenoxy) is 1. The van der Waals surface area contributed by atoms with E-state index < -0.39 is 18.0 Å². The van der Waals surface area contributed by atoms with Gasteiger partial charge in [-0.05, 0) is 19.8 Å². The summed E-state index contributed by atoms with van der Waals surface area (Å²) in [7, 11) is 1.29. The van der Waals surface area contributed by atoms with Crippen molar-refractivity contribution in [3.8, 4) is 0 Å². The van der Waals surface area contributed by atoms with Crippen LogP contribution in [0.15, 0.2) is 0 Å². The Morgan fingerprint density at radius 3 is 2.72 bits per heavy atom. The van der Waals surface area contributed by atoms with Gasteiger partial charge in [0.25, 0.3) is 0 Å². The molecule has 1 aliphatic rings. The predicted molar refractivity (Wildman–Crippen MR) is 64.8 cm³/mol. The number of hydrogen-bond acceptors (Lipinski definition) is 4. The molecule has 1 rings (SSSR count). The van der Waals surface area contributed by atoms with Crippen LogP contribution in [0.1, 0.15) is 39.5 Å². The standard InChI is InChI=1S/C12H20N2O4/c1-4-5-8(2)14(12(17)18-3)9-6-7-10(15)13-11(9)16/h8-9H,4-7H2,1-3H3,(H,13,15,16). The summed E-state index contributed by atoms with van der Waals surface area (Å²) >= 11 is 0. The molecule has 0 aliphatic carbocycles. The van der Waals surface area contributed by atoms with E-state index in [9.17, 15) is 14.4 Å². The van der Waals surface area contributed by atoms with Crippen molar-refractivity contribution in [2.24, 2.45) is 0 Å². The van der Waals surface area contributed by atoms with Gasteiger partial charge in [0, 0.05) is 12.5 Å². The van der Waals surface area contributed by atoms with Crippen LogP contribution in [0.3, 0.4) is 0 Å². The Morgan fingerprint density at radius 2 is 2.22 bits per heavy atom. The number of carbonyl (C=O) groups excluding carboxylic acids is 3. The lowest BCUT2D eigenvalue weighted by molar-refractivity contribution is -0.137. The van der Waals surface area contributed by atoms with Gasteiger partial charge in [-0.3, -0.25) is 19.8 Å². The average molecular weight is 256 g/mol. The Morgan fingerprint density at radius 1 is 1.56 bits per heavy atom. The fourth-order valence-electron chi connectivity index (χ4n) is 2.22. The Labute approximate surface area is 107 Å². The van der Waals surface area contributed by atoms with E-state index in [0.717, 1.165) is 12.8 Å². The summed E-state index contributed by atoms with van der Waals surface area (Å²) in [6.07, 6.45) is 1.77. The monoisotopic (exact) mass is 256 g/mol. The Bertz CT molecular complexity index is 343. The van der Waals surface area contributed by atoms with Crippen LogP contribution in [-0.2, 0) is 14.3 Å². The third kappa shape index (κ3) is 3.21. The summed E-state index contributed by atoms with van der Waals surface area (Å²) in [5.41, 5.74) is 0. The van der Waals surface area contributed by atoms with Crippen molar-refractivity contribution in [3.63, 3.8) is 0 Å². The van der Waals surface area contributed by atoms with Gasteiger partial charge in [-0.1, -0.05) is 13.3 Å². The Kier molecular flexibility index (Phi) is 5.12. The van der Waals surface area contributed by atoms with Crippen molar-refractivity contribution in [1.29, 1.82) is 0 Å². The maximum atomic E-state index is 11.8. The van der Waals surface area contributed by atoms with E-state index in [0.29, 0.717) is 6.42 Å². The van der Waals surface area contributed by atoms with Gasteiger partial charge in [0.05, 0.1) is 7.11 Å². The molecular formula is C12H20N2O4. The normalized spacial score (nSPS) is 21.2. The van der Waals surface area contributed by atoms with Crippen molar-refractivity contribution in [2.75, 3.05) is 7.11 Å². The maximum absolute atomic E-state index is 11.8. The summed E-state index contributed by atoms with van der Waals surface area (Å²) in [5, 5.41) is 2.26. The molecule has 2 unspecified atom stereocenters. The van der Waals surface area contributed by atoms with Crippen LogP contribution in [0.4, 0.5) is 4.79 Å². The summed E-state index contributed by atoms with van der Waals surface area (Å²) in [6, 6.07) is -0.705. The number of methoxy groups -OCH3 is 1. The first-order valence-corrected chi connectivity index (χ1v) is 6.21. The van der Waals surface area contributed by atoms with Crippen molar-refractivity contribution < 1.29 is 19.1 Å². The van der Waals surface area contributed by atoms with Gasteiger partial charge in [0.2, 0.25) is 11.8 Å². The zero-order valence-electron chi connectivity index (χ0n) is 11.1. The first-order valence-electron chi connectivity index (χ1n) is 6.21. The molecule has 3 amide bonds.